The van der Waals surface area contributed by atoms with Crippen molar-refractivity contribution in [1.29, 1.82) is 0 Å². The zero-order valence-electron chi connectivity index (χ0n) is 15.0. The first-order valence-electron chi connectivity index (χ1n) is 9.08. The smallest absolute Gasteiger partial charge is 0.255 e. The minimum atomic E-state index is -3.66. The number of carbonyl (C=O) groups excluding carboxylic acids is 1. The molecule has 0 aliphatic carbocycles. The zero-order chi connectivity index (χ0) is 19.3. The van der Waals surface area contributed by atoms with Crippen molar-refractivity contribution in [3.05, 3.63) is 64.7 Å². The van der Waals surface area contributed by atoms with Crippen molar-refractivity contribution in [3.63, 3.8) is 0 Å². The third-order valence-corrected chi connectivity index (χ3v) is 6.08. The molecule has 0 radical (unpaired) electrons. The molecule has 0 spiro atoms. The van der Waals surface area contributed by atoms with Crippen LogP contribution in [0.2, 0.25) is 5.02 Å². The second kappa shape index (κ2) is 8.76. The Bertz CT molecular complexity index is 890. The summed E-state index contributed by atoms with van der Waals surface area (Å²) in [5.41, 5.74) is 1.34. The lowest BCUT2D eigenvalue weighted by atomic mass is 10.1. The summed E-state index contributed by atoms with van der Waals surface area (Å²) in [6, 6.07) is 13.4. The van der Waals surface area contributed by atoms with E-state index in [1.165, 1.54) is 0 Å². The van der Waals surface area contributed by atoms with Crippen LogP contribution in [0.5, 0.6) is 0 Å². The molecule has 1 heterocycles. The maximum absolute atomic E-state index is 12.9. The summed E-state index contributed by atoms with van der Waals surface area (Å²) in [6.45, 7) is 1.43. The van der Waals surface area contributed by atoms with Crippen molar-refractivity contribution < 1.29 is 13.2 Å². The summed E-state index contributed by atoms with van der Waals surface area (Å²) >= 11 is 5.85. The number of nitrogens with zero attached hydrogens (tertiary/aromatic N) is 1. The number of benzene rings is 2. The average molecular weight is 407 g/mol. The summed E-state index contributed by atoms with van der Waals surface area (Å²) in [5, 5.41) is 0.553. The molecule has 1 fully saturated rings. The molecule has 0 saturated carbocycles. The Hall–Kier alpha value is -2.05. The maximum Gasteiger partial charge on any atom is 0.255 e. The molecule has 1 aliphatic heterocycles. The van der Waals surface area contributed by atoms with Gasteiger partial charge in [-0.25, -0.2) is 8.42 Å². The molecule has 0 atom stereocenters. The predicted molar refractivity (Wildman–Crippen MR) is 109 cm³/mol. The summed E-state index contributed by atoms with van der Waals surface area (Å²) in [4.78, 5) is 14.8. The minimum absolute atomic E-state index is 0.123. The Labute approximate surface area is 165 Å². The van der Waals surface area contributed by atoms with Crippen LogP contribution >= 0.6 is 11.6 Å². The van der Waals surface area contributed by atoms with Gasteiger partial charge < -0.3 is 4.90 Å². The van der Waals surface area contributed by atoms with E-state index in [2.05, 4.69) is 4.72 Å². The van der Waals surface area contributed by atoms with Gasteiger partial charge in [-0.3, -0.25) is 9.52 Å². The fraction of sp³-hybridized carbons (Fsp3) is 0.350. The summed E-state index contributed by atoms with van der Waals surface area (Å²) in [7, 11) is -3.66. The van der Waals surface area contributed by atoms with E-state index in [1.807, 2.05) is 4.90 Å². The van der Waals surface area contributed by atoms with Crippen molar-refractivity contribution in [3.8, 4) is 0 Å². The average Bonchev–Trinajstić information content (AvgIpc) is 2.92. The van der Waals surface area contributed by atoms with E-state index in [0.29, 0.717) is 34.9 Å². The van der Waals surface area contributed by atoms with E-state index < -0.39 is 10.0 Å². The van der Waals surface area contributed by atoms with Gasteiger partial charge in [0, 0.05) is 18.1 Å². The fourth-order valence-corrected chi connectivity index (χ4v) is 4.55. The quantitative estimate of drug-likeness (QED) is 0.805. The number of likely N-dealkylation sites (tertiary alicyclic amines) is 1. The monoisotopic (exact) mass is 406 g/mol. The van der Waals surface area contributed by atoms with Gasteiger partial charge in [0.15, 0.2) is 0 Å². The van der Waals surface area contributed by atoms with E-state index in [1.54, 1.807) is 48.5 Å². The first-order valence-corrected chi connectivity index (χ1v) is 11.1. The Morgan fingerprint density at radius 1 is 0.963 bits per heavy atom. The standard InChI is InChI=1S/C20H23ClN2O3S/c21-17-11-9-16(10-12-17)15-27(25,26)22-19-8-4-3-7-18(19)20(24)23-13-5-1-2-6-14-23/h3-4,7-12,22H,1-2,5-6,13-15H2. The predicted octanol–water partition coefficient (Wildman–Crippen LogP) is 4.30. The summed E-state index contributed by atoms with van der Waals surface area (Å²) in [5.74, 6) is -0.308. The molecule has 0 unspecified atom stereocenters. The molecule has 2 aromatic carbocycles. The minimum Gasteiger partial charge on any atom is -0.339 e. The molecule has 1 N–H and O–H groups in total. The number of sulfonamides is 1. The highest BCUT2D eigenvalue weighted by atomic mass is 35.5. The van der Waals surface area contributed by atoms with Gasteiger partial charge in [0.1, 0.15) is 0 Å². The number of amides is 1. The molecular weight excluding hydrogens is 384 g/mol. The van der Waals surface area contributed by atoms with Gasteiger partial charge in [-0.2, -0.15) is 0 Å². The van der Waals surface area contributed by atoms with Crippen LogP contribution in [0.3, 0.4) is 0 Å². The van der Waals surface area contributed by atoms with Gasteiger partial charge in [-0.15, -0.1) is 0 Å². The zero-order valence-corrected chi connectivity index (χ0v) is 16.6. The van der Waals surface area contributed by atoms with E-state index in [0.717, 1.165) is 25.7 Å². The molecule has 1 aliphatic rings. The molecule has 0 bridgehead atoms. The highest BCUT2D eigenvalue weighted by molar-refractivity contribution is 7.91. The van der Waals surface area contributed by atoms with Gasteiger partial charge in [-0.05, 0) is 42.7 Å². The summed E-state index contributed by atoms with van der Waals surface area (Å²) < 4.78 is 27.8. The van der Waals surface area contributed by atoms with Gasteiger partial charge in [0.05, 0.1) is 17.0 Å². The Morgan fingerprint density at radius 3 is 2.26 bits per heavy atom. The van der Waals surface area contributed by atoms with E-state index >= 15 is 0 Å². The van der Waals surface area contributed by atoms with Crippen molar-refractivity contribution in [1.82, 2.24) is 4.90 Å². The number of hydrogen-bond acceptors (Lipinski definition) is 3. The molecule has 5 nitrogen and oxygen atoms in total. The number of para-hydroxylation sites is 1. The molecule has 2 aromatic rings. The first kappa shape index (κ1) is 19.7. The first-order chi connectivity index (χ1) is 12.9. The third-order valence-electron chi connectivity index (χ3n) is 4.59. The highest BCUT2D eigenvalue weighted by Gasteiger charge is 2.22. The Morgan fingerprint density at radius 2 is 1.59 bits per heavy atom. The van der Waals surface area contributed by atoms with Gasteiger partial charge in [0.2, 0.25) is 10.0 Å². The number of hydrogen-bond donors (Lipinski definition) is 1. The second-order valence-corrected chi connectivity index (χ2v) is 8.90. The summed E-state index contributed by atoms with van der Waals surface area (Å²) in [6.07, 6.45) is 4.21. The van der Waals surface area contributed by atoms with E-state index in [9.17, 15) is 13.2 Å². The van der Waals surface area contributed by atoms with Crippen molar-refractivity contribution >= 4 is 33.2 Å². The van der Waals surface area contributed by atoms with Crippen molar-refractivity contribution in [2.45, 2.75) is 31.4 Å². The normalized spacial score (nSPS) is 15.2. The molecular formula is C20H23ClN2O3S. The lowest BCUT2D eigenvalue weighted by molar-refractivity contribution is 0.0762. The van der Waals surface area contributed by atoms with Crippen LogP contribution in [0, 0.1) is 0 Å². The van der Waals surface area contributed by atoms with Crippen LogP contribution < -0.4 is 4.72 Å². The topological polar surface area (TPSA) is 66.5 Å². The van der Waals surface area contributed by atoms with E-state index in [4.69, 9.17) is 11.6 Å². The molecule has 0 aromatic heterocycles. The molecule has 1 amide bonds. The third kappa shape index (κ3) is 5.47. The van der Waals surface area contributed by atoms with Crippen LogP contribution in [0.1, 0.15) is 41.6 Å². The number of anilines is 1. The van der Waals surface area contributed by atoms with Crippen LogP contribution in [0.4, 0.5) is 5.69 Å². The van der Waals surface area contributed by atoms with Crippen LogP contribution in [-0.2, 0) is 15.8 Å². The molecule has 144 valence electrons. The molecule has 1 saturated heterocycles. The molecule has 3 rings (SSSR count). The lowest BCUT2D eigenvalue weighted by Crippen LogP contribution is -2.32. The van der Waals surface area contributed by atoms with Crippen LogP contribution in [0.25, 0.3) is 0 Å². The number of rotatable bonds is 5. The number of nitrogens with one attached hydrogen (secondary N) is 1. The Kier molecular flexibility index (Phi) is 6.39. The molecule has 27 heavy (non-hydrogen) atoms. The largest absolute Gasteiger partial charge is 0.339 e. The SMILES string of the molecule is O=C(c1ccccc1NS(=O)(=O)Cc1ccc(Cl)cc1)N1CCCCCC1. The highest BCUT2D eigenvalue weighted by Crippen LogP contribution is 2.22. The Balaban J connectivity index is 1.78. The van der Waals surface area contributed by atoms with E-state index in [-0.39, 0.29) is 11.7 Å². The van der Waals surface area contributed by atoms with Crippen LogP contribution in [-0.4, -0.2) is 32.3 Å². The number of halogens is 1. The fourth-order valence-electron chi connectivity index (χ4n) is 3.21. The van der Waals surface area contributed by atoms with Crippen molar-refractivity contribution in [2.75, 3.05) is 17.8 Å². The maximum atomic E-state index is 12.9. The van der Waals surface area contributed by atoms with Crippen LogP contribution in [0.15, 0.2) is 48.5 Å². The van der Waals surface area contributed by atoms with Gasteiger partial charge >= 0.3 is 0 Å². The molecule has 7 heteroatoms. The number of carbonyl (C=O) groups is 1. The lowest BCUT2D eigenvalue weighted by Gasteiger charge is -2.22. The van der Waals surface area contributed by atoms with Gasteiger partial charge in [0.25, 0.3) is 5.91 Å². The second-order valence-electron chi connectivity index (χ2n) is 6.74. The van der Waals surface area contributed by atoms with Crippen molar-refractivity contribution in [2.24, 2.45) is 0 Å². The van der Waals surface area contributed by atoms with Gasteiger partial charge in [-0.1, -0.05) is 48.7 Å².